The summed E-state index contributed by atoms with van der Waals surface area (Å²) in [6.07, 6.45) is 3.22. The Morgan fingerprint density at radius 2 is 2.00 bits per heavy atom. The van der Waals surface area contributed by atoms with E-state index in [9.17, 15) is 14.0 Å². The molecule has 3 rings (SSSR count). The van der Waals surface area contributed by atoms with Crippen LogP contribution in [0.3, 0.4) is 0 Å². The summed E-state index contributed by atoms with van der Waals surface area (Å²) in [7, 11) is 0. The van der Waals surface area contributed by atoms with E-state index in [0.29, 0.717) is 22.9 Å². The van der Waals surface area contributed by atoms with Crippen molar-refractivity contribution in [3.8, 4) is 0 Å². The molecule has 106 valence electrons. The lowest BCUT2D eigenvalue weighted by Gasteiger charge is -2.31. The molecule has 1 heterocycles. The number of halogens is 2. The quantitative estimate of drug-likeness (QED) is 0.841. The maximum Gasteiger partial charge on any atom is 0.325 e. The molecule has 1 aromatic rings. The summed E-state index contributed by atoms with van der Waals surface area (Å²) in [5, 5.41) is 2.39. The van der Waals surface area contributed by atoms with Crippen molar-refractivity contribution in [1.29, 1.82) is 0 Å². The van der Waals surface area contributed by atoms with Gasteiger partial charge >= 0.3 is 6.03 Å². The van der Waals surface area contributed by atoms with Crippen molar-refractivity contribution in [2.24, 2.45) is 0 Å². The van der Waals surface area contributed by atoms with E-state index in [1.165, 1.54) is 6.07 Å². The summed E-state index contributed by atoms with van der Waals surface area (Å²) in [5.74, 6) is -0.582. The minimum atomic E-state index is -0.733. The van der Waals surface area contributed by atoms with Crippen molar-refractivity contribution in [1.82, 2.24) is 10.2 Å². The molecule has 2 aliphatic rings. The molecule has 0 aromatic heterocycles. The number of hydrogen-bond acceptors (Lipinski definition) is 2. The van der Waals surface area contributed by atoms with E-state index in [2.05, 4.69) is 21.2 Å². The van der Waals surface area contributed by atoms with Crippen molar-refractivity contribution in [3.05, 3.63) is 34.1 Å². The van der Waals surface area contributed by atoms with Gasteiger partial charge in [-0.15, -0.1) is 0 Å². The fourth-order valence-corrected chi connectivity index (χ4v) is 3.51. The van der Waals surface area contributed by atoms with Crippen LogP contribution in [0.2, 0.25) is 0 Å². The van der Waals surface area contributed by atoms with E-state index < -0.39 is 5.54 Å². The molecule has 1 N–H and O–H groups in total. The Labute approximate surface area is 124 Å². The van der Waals surface area contributed by atoms with Crippen LogP contribution < -0.4 is 5.32 Å². The normalized spacial score (nSPS) is 20.8. The Morgan fingerprint density at radius 3 is 2.70 bits per heavy atom. The zero-order chi connectivity index (χ0) is 14.3. The van der Waals surface area contributed by atoms with E-state index in [4.69, 9.17) is 0 Å². The summed E-state index contributed by atoms with van der Waals surface area (Å²) in [6, 6.07) is 4.33. The number of carbonyl (C=O) groups excluding carboxylic acids is 2. The Bertz CT molecular complexity index is 585. The molecule has 0 atom stereocenters. The van der Waals surface area contributed by atoms with Crippen LogP contribution in [-0.2, 0) is 11.3 Å². The lowest BCUT2D eigenvalue weighted by Crippen LogP contribution is -2.46. The van der Waals surface area contributed by atoms with Gasteiger partial charge in [0.2, 0.25) is 0 Å². The standard InChI is InChI=1S/C14H14BrFN2O2/c15-11-9(4-3-5-10(11)16)8-18-13(20)17-12(19)14(18)6-1-2-7-14/h3-5H,1-2,6-8H2,(H,17,19,20). The maximum atomic E-state index is 13.6. The van der Waals surface area contributed by atoms with Crippen LogP contribution >= 0.6 is 15.9 Å². The lowest BCUT2D eigenvalue weighted by atomic mass is 9.95. The molecule has 1 saturated carbocycles. The predicted molar refractivity (Wildman–Crippen MR) is 74.4 cm³/mol. The first-order valence-corrected chi connectivity index (χ1v) is 7.40. The van der Waals surface area contributed by atoms with E-state index in [0.717, 1.165) is 12.8 Å². The van der Waals surface area contributed by atoms with Gasteiger partial charge in [0.05, 0.1) is 4.47 Å². The highest BCUT2D eigenvalue weighted by molar-refractivity contribution is 9.10. The first-order chi connectivity index (χ1) is 9.54. The second-order valence-electron chi connectivity index (χ2n) is 5.30. The monoisotopic (exact) mass is 340 g/mol. The van der Waals surface area contributed by atoms with Crippen molar-refractivity contribution < 1.29 is 14.0 Å². The van der Waals surface area contributed by atoms with Crippen molar-refractivity contribution in [2.45, 2.75) is 37.8 Å². The lowest BCUT2D eigenvalue weighted by molar-refractivity contribution is -0.126. The molecule has 1 saturated heterocycles. The third-order valence-corrected chi connectivity index (χ3v) is 5.08. The van der Waals surface area contributed by atoms with E-state index in [1.807, 2.05) is 0 Å². The number of rotatable bonds is 2. The number of urea groups is 1. The Hall–Kier alpha value is -1.43. The fraction of sp³-hybridized carbons (Fsp3) is 0.429. The average molecular weight is 341 g/mol. The molecule has 1 aliphatic heterocycles. The minimum absolute atomic E-state index is 0.215. The van der Waals surface area contributed by atoms with Gasteiger partial charge in [-0.05, 0) is 40.4 Å². The molecular formula is C14H14BrFN2O2. The molecule has 4 nitrogen and oxygen atoms in total. The largest absolute Gasteiger partial charge is 0.325 e. The summed E-state index contributed by atoms with van der Waals surface area (Å²) in [6.45, 7) is 0.232. The van der Waals surface area contributed by atoms with Gasteiger partial charge < -0.3 is 4.90 Å². The van der Waals surface area contributed by atoms with Gasteiger partial charge in [0.15, 0.2) is 0 Å². The van der Waals surface area contributed by atoms with E-state index >= 15 is 0 Å². The van der Waals surface area contributed by atoms with Gasteiger partial charge in [-0.2, -0.15) is 0 Å². The fourth-order valence-electron chi connectivity index (χ4n) is 3.12. The molecule has 0 radical (unpaired) electrons. The van der Waals surface area contributed by atoms with Gasteiger partial charge in [0, 0.05) is 6.54 Å². The SMILES string of the molecule is O=C1NC(=O)C2(CCCC2)N1Cc1cccc(F)c1Br. The van der Waals surface area contributed by atoms with Crippen LogP contribution in [-0.4, -0.2) is 22.4 Å². The van der Waals surface area contributed by atoms with Gasteiger partial charge in [0.1, 0.15) is 11.4 Å². The molecular weight excluding hydrogens is 327 g/mol. The zero-order valence-corrected chi connectivity index (χ0v) is 12.4. The van der Waals surface area contributed by atoms with Gasteiger partial charge in [0.25, 0.3) is 5.91 Å². The molecule has 1 aromatic carbocycles. The van der Waals surface area contributed by atoms with E-state index in [1.54, 1.807) is 17.0 Å². The van der Waals surface area contributed by atoms with Crippen molar-refractivity contribution in [2.75, 3.05) is 0 Å². The smallest absolute Gasteiger partial charge is 0.305 e. The average Bonchev–Trinajstić information content (AvgIpc) is 2.97. The van der Waals surface area contributed by atoms with Gasteiger partial charge in [-0.3, -0.25) is 10.1 Å². The number of imide groups is 1. The van der Waals surface area contributed by atoms with Crippen LogP contribution in [0.1, 0.15) is 31.2 Å². The number of amides is 3. The Balaban J connectivity index is 1.94. The molecule has 1 spiro atoms. The highest BCUT2D eigenvalue weighted by atomic mass is 79.9. The molecule has 3 amide bonds. The van der Waals surface area contributed by atoms with Gasteiger partial charge in [-0.25, -0.2) is 9.18 Å². The van der Waals surface area contributed by atoms with Gasteiger partial charge in [-0.1, -0.05) is 25.0 Å². The summed E-state index contributed by atoms with van der Waals surface area (Å²) >= 11 is 3.20. The van der Waals surface area contributed by atoms with Crippen LogP contribution in [0.4, 0.5) is 9.18 Å². The van der Waals surface area contributed by atoms with Crippen LogP contribution in [0.25, 0.3) is 0 Å². The number of hydrogen-bond donors (Lipinski definition) is 1. The molecule has 0 unspecified atom stereocenters. The highest BCUT2D eigenvalue weighted by Crippen LogP contribution is 2.40. The van der Waals surface area contributed by atoms with E-state index in [-0.39, 0.29) is 24.3 Å². The summed E-state index contributed by atoms with van der Waals surface area (Å²) in [4.78, 5) is 25.7. The Kier molecular flexibility index (Phi) is 3.28. The summed E-state index contributed by atoms with van der Waals surface area (Å²) < 4.78 is 13.9. The minimum Gasteiger partial charge on any atom is -0.305 e. The first kappa shape index (κ1) is 13.5. The van der Waals surface area contributed by atoms with Crippen LogP contribution in [0.5, 0.6) is 0 Å². The molecule has 6 heteroatoms. The molecule has 0 bridgehead atoms. The number of benzene rings is 1. The van der Waals surface area contributed by atoms with Crippen LogP contribution in [0, 0.1) is 5.82 Å². The molecule has 20 heavy (non-hydrogen) atoms. The highest BCUT2D eigenvalue weighted by Gasteiger charge is 2.53. The van der Waals surface area contributed by atoms with Crippen LogP contribution in [0.15, 0.2) is 22.7 Å². The van der Waals surface area contributed by atoms with Crippen molar-refractivity contribution in [3.63, 3.8) is 0 Å². The summed E-state index contributed by atoms with van der Waals surface area (Å²) in [5.41, 5.74) is -0.0656. The Morgan fingerprint density at radius 1 is 1.30 bits per heavy atom. The maximum absolute atomic E-state index is 13.6. The first-order valence-electron chi connectivity index (χ1n) is 6.60. The second-order valence-corrected chi connectivity index (χ2v) is 6.09. The second kappa shape index (κ2) is 4.84. The third kappa shape index (κ3) is 1.93. The predicted octanol–water partition coefficient (Wildman–Crippen LogP) is 2.95. The number of nitrogens with zero attached hydrogens (tertiary/aromatic N) is 1. The number of nitrogens with one attached hydrogen (secondary N) is 1. The van der Waals surface area contributed by atoms with Crippen molar-refractivity contribution >= 4 is 27.9 Å². The molecule has 1 aliphatic carbocycles. The molecule has 2 fully saturated rings. The number of carbonyl (C=O) groups is 2. The third-order valence-electron chi connectivity index (χ3n) is 4.20. The zero-order valence-electron chi connectivity index (χ0n) is 10.8. The topological polar surface area (TPSA) is 49.4 Å².